The Morgan fingerprint density at radius 3 is 0.975 bits per heavy atom. The van der Waals surface area contributed by atoms with Gasteiger partial charge in [-0.3, -0.25) is 0 Å². The maximum absolute atomic E-state index is 8.32. The van der Waals surface area contributed by atoms with E-state index in [1.807, 2.05) is 48.5 Å². The fraction of sp³-hybridized carbons (Fsp3) is 0. The van der Waals surface area contributed by atoms with Crippen LogP contribution in [-0.2, 0) is 0 Å². The van der Waals surface area contributed by atoms with Crippen LogP contribution in [0.3, 0.4) is 0 Å². The minimum absolute atomic E-state index is 0.116. The molecule has 12 aromatic carbocycles. The maximum atomic E-state index is 8.32. The van der Waals surface area contributed by atoms with E-state index in [1.165, 1.54) is 0 Å². The molecule has 0 aliphatic rings. The Balaban J connectivity index is 0.843. The zero-order chi connectivity index (χ0) is 58.4. The van der Waals surface area contributed by atoms with Crippen molar-refractivity contribution in [2.45, 2.75) is 0 Å². The number of para-hydroxylation sites is 4. The Morgan fingerprint density at radius 1 is 0.275 bits per heavy atom. The number of anilines is 6. The first-order valence-electron chi connectivity index (χ1n) is 29.8. The van der Waals surface area contributed by atoms with Gasteiger partial charge in [0.15, 0.2) is 0 Å². The van der Waals surface area contributed by atoms with Crippen LogP contribution in [0.1, 0.15) is 19.4 Å². The summed E-state index contributed by atoms with van der Waals surface area (Å²) in [6.07, 6.45) is 0. The molecule has 2 heterocycles. The van der Waals surface area contributed by atoms with E-state index < -0.39 is 13.1 Å². The molecule has 2 aromatic heterocycles. The third kappa shape index (κ3) is 8.62. The molecule has 14 rings (SSSR count). The van der Waals surface area contributed by atoms with Crippen LogP contribution in [-0.4, -0.2) is 9.13 Å². The molecule has 0 fully saturated rings. The summed E-state index contributed by atoms with van der Waals surface area (Å²) in [4.78, 5) is 4.59. The highest BCUT2D eigenvalue weighted by Crippen LogP contribution is 2.44. The first kappa shape index (κ1) is 41.5. The van der Waals surface area contributed by atoms with Gasteiger partial charge in [0, 0.05) is 67.0 Å². The monoisotopic (exact) mass is 1030 g/mol. The van der Waals surface area contributed by atoms with Crippen molar-refractivity contribution < 1.29 is 8.22 Å². The molecular weight excluding hydrogens is 969 g/mol. The van der Waals surface area contributed by atoms with Gasteiger partial charge < -0.3 is 18.9 Å². The van der Waals surface area contributed by atoms with Crippen LogP contribution in [0.25, 0.3) is 100 Å². The normalized spacial score (nSPS) is 12.3. The number of benzene rings is 12. The van der Waals surface area contributed by atoms with Gasteiger partial charge in [0.05, 0.1) is 30.3 Å². The molecule has 4 heteroatoms. The molecule has 0 bridgehead atoms. The van der Waals surface area contributed by atoms with E-state index in [-0.39, 0.29) is 12.1 Å². The molecule has 0 aliphatic heterocycles. The van der Waals surface area contributed by atoms with Crippen molar-refractivity contribution in [2.24, 2.45) is 0 Å². The summed E-state index contributed by atoms with van der Waals surface area (Å²) in [6, 6.07) is 101. The van der Waals surface area contributed by atoms with Crippen molar-refractivity contribution >= 4 is 89.8 Å². The molecule has 0 amide bonds. The third-order valence-electron chi connectivity index (χ3n) is 15.4. The fourth-order valence-corrected chi connectivity index (χ4v) is 11.6. The lowest BCUT2D eigenvalue weighted by molar-refractivity contribution is 1.18. The predicted octanol–water partition coefficient (Wildman–Crippen LogP) is 21.1. The highest BCUT2D eigenvalue weighted by Gasteiger charge is 2.21. The van der Waals surface area contributed by atoms with Crippen molar-refractivity contribution in [2.75, 3.05) is 9.80 Å². The Morgan fingerprint density at radius 2 is 0.600 bits per heavy atom. The molecule has 0 unspecified atom stereocenters. The smallest absolute Gasteiger partial charge is 0.0623 e. The van der Waals surface area contributed by atoms with E-state index in [9.17, 15) is 0 Å². The summed E-state index contributed by atoms with van der Waals surface area (Å²) in [5.74, 6) is 0. The van der Waals surface area contributed by atoms with Crippen LogP contribution in [0.5, 0.6) is 0 Å². The molecule has 0 saturated carbocycles. The van der Waals surface area contributed by atoms with E-state index in [4.69, 9.17) is 8.22 Å². The van der Waals surface area contributed by atoms with E-state index in [0.29, 0.717) is 11.1 Å². The first-order valence-corrected chi connectivity index (χ1v) is 26.8. The van der Waals surface area contributed by atoms with E-state index in [2.05, 4.69) is 249 Å². The average molecular weight is 1030 g/mol. The summed E-state index contributed by atoms with van der Waals surface area (Å²) in [5.41, 5.74) is 19.5. The lowest BCUT2D eigenvalue weighted by Gasteiger charge is -2.27. The van der Waals surface area contributed by atoms with Crippen LogP contribution < -0.4 is 9.80 Å². The summed E-state index contributed by atoms with van der Waals surface area (Å²) in [6.45, 7) is -1.04. The Hall–Kier alpha value is -10.7. The second-order valence-corrected chi connectivity index (χ2v) is 20.0. The molecule has 0 atom stereocenters. The highest BCUT2D eigenvalue weighted by molar-refractivity contribution is 6.12. The Kier molecular flexibility index (Phi) is 10.6. The van der Waals surface area contributed by atoms with E-state index >= 15 is 0 Å². The van der Waals surface area contributed by atoms with Gasteiger partial charge in [0.1, 0.15) is 0 Å². The standard InChI is InChI=1S/C76H54N4/c1-3-53-17-15-19-59(49-53)57-33-41-65(42-34-57)77(67-45-47-75-71(51-67)69-25-11-13-27-73(69)79(75)61-21-7-5-8-22-61)63-37-29-55(30-38-63)56-31-39-64(40-32-56)78(66-43-35-58(36-44-66)60-20-16-18-54(4-2)50-60)68-46-48-76-72(52-68)70-26-12-14-28-74(70)80(76)62-23-9-6-10-24-62/h3-52H,1-2H2/i1D2,2D2,3D,4D. The molecule has 0 spiro atoms. The maximum Gasteiger partial charge on any atom is 0.0623 e. The van der Waals surface area contributed by atoms with Crippen molar-refractivity contribution in [3.8, 4) is 44.8 Å². The second-order valence-electron chi connectivity index (χ2n) is 20.0. The number of fused-ring (bicyclic) bond motifs is 6. The quantitative estimate of drug-likeness (QED) is 0.114. The zero-order valence-electron chi connectivity index (χ0n) is 49.5. The third-order valence-corrected chi connectivity index (χ3v) is 15.4. The molecule has 0 N–H and O–H groups in total. The van der Waals surface area contributed by atoms with E-state index in [1.54, 1.807) is 12.1 Å². The van der Waals surface area contributed by atoms with Gasteiger partial charge in [-0.25, -0.2) is 0 Å². The van der Waals surface area contributed by atoms with Gasteiger partial charge in [-0.2, -0.15) is 0 Å². The topological polar surface area (TPSA) is 16.3 Å². The van der Waals surface area contributed by atoms with Crippen LogP contribution >= 0.6 is 0 Å². The molecule has 0 aliphatic carbocycles. The van der Waals surface area contributed by atoms with Crippen LogP contribution in [0.4, 0.5) is 34.1 Å². The van der Waals surface area contributed by atoms with Crippen molar-refractivity contribution in [1.82, 2.24) is 9.13 Å². The largest absolute Gasteiger partial charge is 0.310 e. The molecule has 0 saturated heterocycles. The zero-order valence-corrected chi connectivity index (χ0v) is 43.5. The Labute approximate surface area is 475 Å². The van der Waals surface area contributed by atoms with Gasteiger partial charge in [-0.05, 0) is 178 Å². The SMILES string of the molecule is [2H]C([2H])=C([2H])c1cccc(-c2ccc(N(c3ccc(-c4ccc(N(c5ccc(-c6cccc(C([2H])=C([2H])[2H])c6)cc5)c5ccc6c(c5)c5ccccc5n6-c5ccccc5)cc4)cc3)c3ccc4c(c3)c3ccccc3n4-c3ccccc3)cc2)c1. The Bertz CT molecular complexity index is 4600. The van der Waals surface area contributed by atoms with E-state index in [0.717, 1.165) is 122 Å². The second kappa shape index (κ2) is 20.4. The van der Waals surface area contributed by atoms with Gasteiger partial charge >= 0.3 is 0 Å². The van der Waals surface area contributed by atoms with Crippen molar-refractivity contribution in [3.05, 3.63) is 315 Å². The molecule has 0 radical (unpaired) electrons. The minimum atomic E-state index is -0.519. The predicted molar refractivity (Wildman–Crippen MR) is 341 cm³/mol. The van der Waals surface area contributed by atoms with Crippen molar-refractivity contribution in [3.63, 3.8) is 0 Å². The van der Waals surface area contributed by atoms with Gasteiger partial charge in [-0.15, -0.1) is 0 Å². The molecule has 378 valence electrons. The van der Waals surface area contributed by atoms with Crippen molar-refractivity contribution in [1.29, 1.82) is 0 Å². The number of rotatable bonds is 13. The fourth-order valence-electron chi connectivity index (χ4n) is 11.6. The number of aromatic nitrogens is 2. The van der Waals surface area contributed by atoms with Crippen LogP contribution in [0.2, 0.25) is 0 Å². The summed E-state index contributed by atoms with van der Waals surface area (Å²) in [7, 11) is 0. The summed E-state index contributed by atoms with van der Waals surface area (Å²) < 4.78 is 52.4. The summed E-state index contributed by atoms with van der Waals surface area (Å²) >= 11 is 0. The average Bonchev–Trinajstić information content (AvgIpc) is 1.75. The molecule has 80 heavy (non-hydrogen) atoms. The van der Waals surface area contributed by atoms with Gasteiger partial charge in [0.2, 0.25) is 0 Å². The minimum Gasteiger partial charge on any atom is -0.310 e. The number of nitrogens with zero attached hydrogens (tertiary/aromatic N) is 4. The highest BCUT2D eigenvalue weighted by atomic mass is 15.1. The molecular formula is C76H54N4. The summed E-state index contributed by atoms with van der Waals surface area (Å²) in [5, 5.41) is 4.60. The first-order chi connectivity index (χ1) is 42.1. The lowest BCUT2D eigenvalue weighted by Crippen LogP contribution is -2.10. The number of hydrogen-bond acceptors (Lipinski definition) is 2. The molecule has 14 aromatic rings. The molecule has 4 nitrogen and oxygen atoms in total. The number of hydrogen-bond donors (Lipinski definition) is 0. The van der Waals surface area contributed by atoms with Crippen LogP contribution in [0.15, 0.2) is 304 Å². The lowest BCUT2D eigenvalue weighted by atomic mass is 10.0. The van der Waals surface area contributed by atoms with Gasteiger partial charge in [-0.1, -0.05) is 183 Å². The van der Waals surface area contributed by atoms with Gasteiger partial charge in [0.25, 0.3) is 0 Å². The van der Waals surface area contributed by atoms with Crippen LogP contribution in [0, 0.1) is 0 Å².